The predicted molar refractivity (Wildman–Crippen MR) is 91.3 cm³/mol. The standard InChI is InChI=1S/C16H18Cl2N2O4/c1-7(2)12-11(15(21)24-4)13(20-16(22)19-12)8-5-9(17)14(23-3)10(18)6-8/h5-7,13H,1-4H3,(H2,19,20,22). The molecule has 1 atom stereocenters. The number of esters is 1. The van der Waals surface area contributed by atoms with Gasteiger partial charge in [-0.05, 0) is 23.6 Å². The number of halogens is 2. The van der Waals surface area contributed by atoms with Gasteiger partial charge in [0, 0.05) is 5.70 Å². The minimum absolute atomic E-state index is 0.0863. The van der Waals surface area contributed by atoms with Crippen LogP contribution in [0.25, 0.3) is 0 Å². The summed E-state index contributed by atoms with van der Waals surface area (Å²) in [5.41, 5.74) is 1.36. The summed E-state index contributed by atoms with van der Waals surface area (Å²) in [7, 11) is 2.74. The van der Waals surface area contributed by atoms with Crippen LogP contribution in [-0.2, 0) is 9.53 Å². The van der Waals surface area contributed by atoms with Crippen LogP contribution < -0.4 is 15.4 Å². The molecule has 1 heterocycles. The summed E-state index contributed by atoms with van der Waals surface area (Å²) in [6.07, 6.45) is 0. The summed E-state index contributed by atoms with van der Waals surface area (Å²) in [6, 6.07) is 2.05. The zero-order chi connectivity index (χ0) is 18.0. The Hall–Kier alpha value is -1.92. The van der Waals surface area contributed by atoms with E-state index >= 15 is 0 Å². The van der Waals surface area contributed by atoms with Gasteiger partial charge < -0.3 is 20.1 Å². The molecule has 1 unspecified atom stereocenters. The van der Waals surface area contributed by atoms with Crippen molar-refractivity contribution in [2.45, 2.75) is 19.9 Å². The van der Waals surface area contributed by atoms with Crippen molar-refractivity contribution in [2.75, 3.05) is 14.2 Å². The molecule has 130 valence electrons. The van der Waals surface area contributed by atoms with E-state index in [1.807, 2.05) is 13.8 Å². The summed E-state index contributed by atoms with van der Waals surface area (Å²) >= 11 is 12.4. The monoisotopic (exact) mass is 372 g/mol. The molecule has 1 aliphatic rings. The van der Waals surface area contributed by atoms with Gasteiger partial charge in [-0.2, -0.15) is 0 Å². The maximum Gasteiger partial charge on any atom is 0.337 e. The fourth-order valence-electron chi connectivity index (χ4n) is 2.57. The van der Waals surface area contributed by atoms with Crippen LogP contribution in [0.2, 0.25) is 10.0 Å². The van der Waals surface area contributed by atoms with Gasteiger partial charge in [0.2, 0.25) is 0 Å². The second kappa shape index (κ2) is 7.32. The molecule has 0 aliphatic carbocycles. The lowest BCUT2D eigenvalue weighted by molar-refractivity contribution is -0.136. The van der Waals surface area contributed by atoms with Crippen LogP contribution in [0.15, 0.2) is 23.4 Å². The number of amides is 2. The lowest BCUT2D eigenvalue weighted by Crippen LogP contribution is -2.47. The SMILES string of the molecule is COC(=O)C1=C(C(C)C)NC(=O)NC1c1cc(Cl)c(OC)c(Cl)c1. The molecule has 8 heteroatoms. The molecule has 0 fully saturated rings. The van der Waals surface area contributed by atoms with Crippen molar-refractivity contribution >= 4 is 35.2 Å². The van der Waals surface area contributed by atoms with Gasteiger partial charge in [-0.15, -0.1) is 0 Å². The zero-order valence-corrected chi connectivity index (χ0v) is 15.2. The Morgan fingerprint density at radius 1 is 1.21 bits per heavy atom. The maximum atomic E-state index is 12.3. The first-order valence-electron chi connectivity index (χ1n) is 7.23. The highest BCUT2D eigenvalue weighted by atomic mass is 35.5. The highest BCUT2D eigenvalue weighted by Gasteiger charge is 2.35. The van der Waals surface area contributed by atoms with Gasteiger partial charge in [0.1, 0.15) is 0 Å². The third-order valence-corrected chi connectivity index (χ3v) is 4.20. The van der Waals surface area contributed by atoms with Gasteiger partial charge in [0.15, 0.2) is 5.75 Å². The molecule has 1 aromatic rings. The Morgan fingerprint density at radius 2 is 1.79 bits per heavy atom. The van der Waals surface area contributed by atoms with E-state index in [9.17, 15) is 9.59 Å². The first-order chi connectivity index (χ1) is 11.3. The molecule has 1 aromatic carbocycles. The largest absolute Gasteiger partial charge is 0.494 e. The maximum absolute atomic E-state index is 12.3. The van der Waals surface area contributed by atoms with Gasteiger partial charge in [0.05, 0.1) is 35.9 Å². The number of benzene rings is 1. The van der Waals surface area contributed by atoms with E-state index in [0.717, 1.165) is 0 Å². The average molecular weight is 373 g/mol. The molecule has 0 spiro atoms. The Bertz CT molecular complexity index is 693. The Labute approximate surface area is 150 Å². The van der Waals surface area contributed by atoms with Crippen LogP contribution in [0.3, 0.4) is 0 Å². The number of methoxy groups -OCH3 is 2. The topological polar surface area (TPSA) is 76.7 Å². The van der Waals surface area contributed by atoms with E-state index in [1.165, 1.54) is 14.2 Å². The summed E-state index contributed by atoms with van der Waals surface area (Å²) < 4.78 is 10.0. The molecule has 0 bridgehead atoms. The van der Waals surface area contributed by atoms with Crippen LogP contribution in [0.4, 0.5) is 4.79 Å². The Kier molecular flexibility index (Phi) is 5.62. The summed E-state index contributed by atoms with van der Waals surface area (Å²) in [5, 5.41) is 5.94. The van der Waals surface area contributed by atoms with Crippen molar-refractivity contribution in [1.82, 2.24) is 10.6 Å². The van der Waals surface area contributed by atoms with E-state index in [0.29, 0.717) is 22.6 Å². The number of rotatable bonds is 4. The number of carbonyl (C=O) groups excluding carboxylic acids is 2. The number of ether oxygens (including phenoxy) is 2. The third kappa shape index (κ3) is 3.44. The molecule has 2 amide bonds. The first kappa shape index (κ1) is 18.4. The van der Waals surface area contributed by atoms with Gasteiger partial charge >= 0.3 is 12.0 Å². The van der Waals surface area contributed by atoms with Crippen molar-refractivity contribution in [3.63, 3.8) is 0 Å². The highest BCUT2D eigenvalue weighted by molar-refractivity contribution is 6.37. The van der Waals surface area contributed by atoms with Crippen LogP contribution >= 0.6 is 23.2 Å². The molecule has 1 aliphatic heterocycles. The molecule has 2 rings (SSSR count). The molecule has 2 N–H and O–H groups in total. The summed E-state index contributed by atoms with van der Waals surface area (Å²) in [5.74, 6) is -0.300. The lowest BCUT2D eigenvalue weighted by Gasteiger charge is -2.31. The minimum atomic E-state index is -0.732. The Morgan fingerprint density at radius 3 is 2.25 bits per heavy atom. The van der Waals surface area contributed by atoms with Crippen molar-refractivity contribution in [2.24, 2.45) is 5.92 Å². The van der Waals surface area contributed by atoms with Crippen LogP contribution in [0.1, 0.15) is 25.5 Å². The van der Waals surface area contributed by atoms with Gasteiger partial charge in [-0.1, -0.05) is 37.0 Å². The molecular formula is C16H18Cl2N2O4. The molecule has 0 saturated heterocycles. The Balaban J connectivity index is 2.63. The second-order valence-electron chi connectivity index (χ2n) is 5.52. The number of urea groups is 1. The van der Waals surface area contributed by atoms with Crippen LogP contribution in [0.5, 0.6) is 5.75 Å². The molecule has 0 saturated carbocycles. The fourth-order valence-corrected chi connectivity index (χ4v) is 3.23. The second-order valence-corrected chi connectivity index (χ2v) is 6.34. The fraction of sp³-hybridized carbons (Fsp3) is 0.375. The number of carbonyl (C=O) groups is 2. The van der Waals surface area contributed by atoms with Crippen molar-refractivity contribution in [3.8, 4) is 5.75 Å². The predicted octanol–water partition coefficient (Wildman–Crippen LogP) is 3.44. The number of hydrogen-bond donors (Lipinski definition) is 2. The minimum Gasteiger partial charge on any atom is -0.494 e. The zero-order valence-electron chi connectivity index (χ0n) is 13.7. The normalized spacial score (nSPS) is 17.5. The lowest BCUT2D eigenvalue weighted by atomic mass is 9.91. The molecule has 24 heavy (non-hydrogen) atoms. The van der Waals surface area contributed by atoms with Gasteiger partial charge in [-0.3, -0.25) is 0 Å². The quantitative estimate of drug-likeness (QED) is 0.793. The average Bonchev–Trinajstić information content (AvgIpc) is 2.52. The van der Waals surface area contributed by atoms with Crippen LogP contribution in [0, 0.1) is 5.92 Å². The highest BCUT2D eigenvalue weighted by Crippen LogP contribution is 2.38. The van der Waals surface area contributed by atoms with Gasteiger partial charge in [-0.25, -0.2) is 9.59 Å². The number of allylic oxidation sites excluding steroid dienone is 1. The van der Waals surface area contributed by atoms with Crippen molar-refractivity contribution in [3.05, 3.63) is 39.0 Å². The smallest absolute Gasteiger partial charge is 0.337 e. The van der Waals surface area contributed by atoms with E-state index in [2.05, 4.69) is 10.6 Å². The molecule has 6 nitrogen and oxygen atoms in total. The van der Waals surface area contributed by atoms with E-state index in [1.54, 1.807) is 12.1 Å². The first-order valence-corrected chi connectivity index (χ1v) is 7.98. The summed E-state index contributed by atoms with van der Waals surface area (Å²) in [6.45, 7) is 3.74. The third-order valence-electron chi connectivity index (χ3n) is 3.64. The molecule has 0 radical (unpaired) electrons. The molecule has 0 aromatic heterocycles. The van der Waals surface area contributed by atoms with Crippen LogP contribution in [-0.4, -0.2) is 26.2 Å². The van der Waals surface area contributed by atoms with E-state index in [-0.39, 0.29) is 16.0 Å². The van der Waals surface area contributed by atoms with Crippen molar-refractivity contribution < 1.29 is 19.1 Å². The number of hydrogen-bond acceptors (Lipinski definition) is 4. The number of nitrogens with one attached hydrogen (secondary N) is 2. The van der Waals surface area contributed by atoms with E-state index < -0.39 is 18.0 Å². The van der Waals surface area contributed by atoms with E-state index in [4.69, 9.17) is 32.7 Å². The summed E-state index contributed by atoms with van der Waals surface area (Å²) in [4.78, 5) is 24.3. The van der Waals surface area contributed by atoms with Gasteiger partial charge in [0.25, 0.3) is 0 Å². The molecular weight excluding hydrogens is 355 g/mol. The van der Waals surface area contributed by atoms with Crippen molar-refractivity contribution in [1.29, 1.82) is 0 Å².